The highest BCUT2D eigenvalue weighted by molar-refractivity contribution is 6.83. The summed E-state index contributed by atoms with van der Waals surface area (Å²) in [5.74, 6) is 2.88. The first-order valence-electron chi connectivity index (χ1n) is 11.4. The Morgan fingerprint density at radius 2 is 0.735 bits per heavy atom. The van der Waals surface area contributed by atoms with Crippen LogP contribution in [0.15, 0.2) is 97.1 Å². The third kappa shape index (κ3) is 3.71. The predicted octanol–water partition coefficient (Wildman–Crippen LogP) is 6.21. The molecule has 0 fully saturated rings. The van der Waals surface area contributed by atoms with Gasteiger partial charge < -0.3 is 18.6 Å². The van der Waals surface area contributed by atoms with E-state index in [4.69, 9.17) is 18.6 Å². The molecule has 4 aromatic carbocycles. The van der Waals surface area contributed by atoms with Crippen LogP contribution in [-0.2, 0) is 0 Å². The molecule has 0 atom stereocenters. The molecule has 2 aliphatic heterocycles. The van der Waals surface area contributed by atoms with Crippen molar-refractivity contribution in [2.45, 2.75) is 13.8 Å². The van der Waals surface area contributed by atoms with Crippen molar-refractivity contribution in [3.63, 3.8) is 0 Å². The number of hydrogen-bond acceptors (Lipinski definition) is 4. The lowest BCUT2D eigenvalue weighted by molar-refractivity contribution is 0.515. The van der Waals surface area contributed by atoms with E-state index in [1.54, 1.807) is 0 Å². The van der Waals surface area contributed by atoms with Crippen LogP contribution in [-0.4, -0.2) is 14.2 Å². The van der Waals surface area contributed by atoms with E-state index in [-0.39, 0.29) is 0 Å². The van der Waals surface area contributed by atoms with Crippen molar-refractivity contribution in [2.24, 2.45) is 0 Å². The highest BCUT2D eigenvalue weighted by Gasteiger charge is 2.46. The minimum absolute atomic E-state index is 0.646. The Labute approximate surface area is 200 Å². The summed E-state index contributed by atoms with van der Waals surface area (Å²) in [5, 5.41) is 0. The van der Waals surface area contributed by atoms with E-state index in [1.807, 2.05) is 48.5 Å². The molecule has 0 aliphatic carbocycles. The van der Waals surface area contributed by atoms with Crippen molar-refractivity contribution in [2.75, 3.05) is 0 Å². The van der Waals surface area contributed by atoms with Gasteiger partial charge in [0, 0.05) is 10.9 Å². The number of benzene rings is 4. The van der Waals surface area contributed by atoms with E-state index in [1.165, 1.54) is 11.1 Å². The van der Waals surface area contributed by atoms with Crippen molar-refractivity contribution in [1.29, 1.82) is 0 Å². The molecular weight excluding hydrogens is 422 g/mol. The fourth-order valence-corrected chi connectivity index (χ4v) is 4.34. The largest absolute Gasteiger partial charge is 0.633 e. The Bertz CT molecular complexity index is 1220. The van der Waals surface area contributed by atoms with Gasteiger partial charge in [-0.1, -0.05) is 83.9 Å². The molecule has 6 heteroatoms. The summed E-state index contributed by atoms with van der Waals surface area (Å²) in [4.78, 5) is 0. The van der Waals surface area contributed by atoms with Gasteiger partial charge in [-0.2, -0.15) is 0 Å². The zero-order chi connectivity index (χ0) is 23.1. The van der Waals surface area contributed by atoms with Crippen molar-refractivity contribution in [3.8, 4) is 23.0 Å². The quantitative estimate of drug-likeness (QED) is 0.277. The van der Waals surface area contributed by atoms with Gasteiger partial charge >= 0.3 is 14.2 Å². The fraction of sp³-hybridized carbons (Fsp3) is 0.0714. The van der Waals surface area contributed by atoms with E-state index in [0.29, 0.717) is 0 Å². The Morgan fingerprint density at radius 3 is 1.03 bits per heavy atom. The highest BCUT2D eigenvalue weighted by atomic mass is 16.6. The first-order chi connectivity index (χ1) is 16.7. The molecule has 0 unspecified atom stereocenters. The maximum absolute atomic E-state index is 6.33. The number of fused-ring (bicyclic) bond motifs is 2. The molecule has 0 saturated carbocycles. The fourth-order valence-electron chi connectivity index (χ4n) is 4.34. The van der Waals surface area contributed by atoms with Gasteiger partial charge in [-0.15, -0.1) is 0 Å². The lowest BCUT2D eigenvalue weighted by atomic mass is 9.60. The van der Waals surface area contributed by atoms with Crippen LogP contribution in [0.5, 0.6) is 23.0 Å². The Balaban J connectivity index is 1.55. The summed E-state index contributed by atoms with van der Waals surface area (Å²) in [5.41, 5.74) is 6.08. The van der Waals surface area contributed by atoms with Crippen molar-refractivity contribution in [1.82, 2.24) is 0 Å². The number of aryl methyl sites for hydroxylation is 2. The molecule has 2 heterocycles. The lowest BCUT2D eigenvalue weighted by Crippen LogP contribution is -2.34. The SMILES string of the molecule is Cc1ccc(/C(B2Oc3ccccc3O2)=C(/B2Oc3ccccc3O2)c2ccc(C)cc2)cc1. The molecule has 6 rings (SSSR count). The van der Waals surface area contributed by atoms with Gasteiger partial charge in [0.15, 0.2) is 0 Å². The first kappa shape index (κ1) is 20.5. The normalized spacial score (nSPS) is 14.3. The number of para-hydroxylation sites is 4. The van der Waals surface area contributed by atoms with E-state index >= 15 is 0 Å². The summed E-state index contributed by atoms with van der Waals surface area (Å²) in [6, 6.07) is 32.2. The third-order valence-corrected chi connectivity index (χ3v) is 6.12. The average molecular weight is 444 g/mol. The van der Waals surface area contributed by atoms with Gasteiger partial charge in [-0.3, -0.25) is 0 Å². The van der Waals surface area contributed by atoms with Gasteiger partial charge in [0.2, 0.25) is 0 Å². The highest BCUT2D eigenvalue weighted by Crippen LogP contribution is 2.43. The van der Waals surface area contributed by atoms with E-state index < -0.39 is 14.2 Å². The monoisotopic (exact) mass is 444 g/mol. The zero-order valence-corrected chi connectivity index (χ0v) is 19.0. The molecule has 0 spiro atoms. The smallest absolute Gasteiger partial charge is 0.519 e. The maximum atomic E-state index is 6.33. The van der Waals surface area contributed by atoms with Gasteiger partial charge in [-0.05, 0) is 49.2 Å². The van der Waals surface area contributed by atoms with Crippen LogP contribution >= 0.6 is 0 Å². The molecule has 4 nitrogen and oxygen atoms in total. The molecule has 164 valence electrons. The average Bonchev–Trinajstić information content (AvgIpc) is 3.48. The summed E-state index contributed by atoms with van der Waals surface area (Å²) >= 11 is 0. The second-order valence-electron chi connectivity index (χ2n) is 8.59. The number of hydrogen-bond donors (Lipinski definition) is 0. The minimum atomic E-state index is -0.646. The summed E-state index contributed by atoms with van der Waals surface area (Å²) < 4.78 is 25.3. The summed E-state index contributed by atoms with van der Waals surface area (Å²) in [6.07, 6.45) is 0. The molecular formula is C28H22B2O4. The summed E-state index contributed by atoms with van der Waals surface area (Å²) in [6.45, 7) is 4.15. The molecule has 0 N–H and O–H groups in total. The van der Waals surface area contributed by atoms with Crippen LogP contribution in [0.25, 0.3) is 10.9 Å². The molecule has 0 saturated heterocycles. The Hall–Kier alpha value is -4.05. The van der Waals surface area contributed by atoms with E-state index in [0.717, 1.165) is 45.1 Å². The Morgan fingerprint density at radius 1 is 0.441 bits per heavy atom. The molecule has 0 radical (unpaired) electrons. The molecule has 0 bridgehead atoms. The molecule has 4 aromatic rings. The van der Waals surface area contributed by atoms with Gasteiger partial charge in [0.1, 0.15) is 23.0 Å². The van der Waals surface area contributed by atoms with Crippen LogP contribution in [0.4, 0.5) is 0 Å². The molecule has 0 amide bonds. The standard InChI is InChI=1S/C28H22B2O4/c1-19-11-15-21(16-12-19)27(29-31-23-7-3-4-8-24(23)32-29)28(22-17-13-20(2)14-18-22)30-33-25-9-5-6-10-26(25)34-30/h3-18H,1-2H3/b28-27-. The van der Waals surface area contributed by atoms with Crippen molar-refractivity contribution in [3.05, 3.63) is 119 Å². The topological polar surface area (TPSA) is 36.9 Å². The van der Waals surface area contributed by atoms with Gasteiger partial charge in [-0.25, -0.2) is 0 Å². The van der Waals surface area contributed by atoms with Gasteiger partial charge in [0.05, 0.1) is 0 Å². The second kappa shape index (κ2) is 8.38. The van der Waals surface area contributed by atoms with Crippen LogP contribution in [0.3, 0.4) is 0 Å². The lowest BCUT2D eigenvalue weighted by Gasteiger charge is -2.19. The van der Waals surface area contributed by atoms with E-state index in [9.17, 15) is 0 Å². The van der Waals surface area contributed by atoms with Crippen LogP contribution in [0, 0.1) is 13.8 Å². The van der Waals surface area contributed by atoms with Crippen molar-refractivity contribution < 1.29 is 18.6 Å². The van der Waals surface area contributed by atoms with Crippen LogP contribution in [0.1, 0.15) is 22.3 Å². The van der Waals surface area contributed by atoms with Crippen molar-refractivity contribution >= 4 is 25.2 Å². The van der Waals surface area contributed by atoms with Crippen LogP contribution in [0.2, 0.25) is 0 Å². The third-order valence-electron chi connectivity index (χ3n) is 6.12. The first-order valence-corrected chi connectivity index (χ1v) is 11.4. The Kier molecular flexibility index (Phi) is 5.06. The molecule has 0 aromatic heterocycles. The second-order valence-corrected chi connectivity index (χ2v) is 8.59. The molecule has 2 aliphatic rings. The van der Waals surface area contributed by atoms with Gasteiger partial charge in [0.25, 0.3) is 0 Å². The molecule has 34 heavy (non-hydrogen) atoms. The zero-order valence-electron chi connectivity index (χ0n) is 19.0. The van der Waals surface area contributed by atoms with E-state index in [2.05, 4.69) is 62.4 Å². The summed E-state index contributed by atoms with van der Waals surface area (Å²) in [7, 11) is -1.29. The predicted molar refractivity (Wildman–Crippen MR) is 136 cm³/mol. The van der Waals surface area contributed by atoms with Crippen LogP contribution < -0.4 is 18.6 Å². The number of rotatable bonds is 4. The minimum Gasteiger partial charge on any atom is -0.519 e. The maximum Gasteiger partial charge on any atom is 0.633 e.